The van der Waals surface area contributed by atoms with Crippen molar-refractivity contribution in [1.82, 2.24) is 10.6 Å². The molecule has 0 aliphatic carbocycles. The lowest BCUT2D eigenvalue weighted by molar-refractivity contribution is -0.394. The van der Waals surface area contributed by atoms with Crippen LogP contribution >= 0.6 is 0 Å². The maximum atomic E-state index is 11.7. The molecule has 0 unspecified atom stereocenters. The summed E-state index contributed by atoms with van der Waals surface area (Å²) in [4.78, 5) is 54.0. The van der Waals surface area contributed by atoms with Crippen molar-refractivity contribution in [3.8, 4) is 0 Å². The molecule has 1 heterocycles. The van der Waals surface area contributed by atoms with E-state index in [1.807, 2.05) is 0 Å². The van der Waals surface area contributed by atoms with Gasteiger partial charge in [0.05, 0.1) is 21.5 Å². The van der Waals surface area contributed by atoms with Crippen LogP contribution in [0.1, 0.15) is 11.5 Å². The molecule has 21 heavy (non-hydrogen) atoms. The van der Waals surface area contributed by atoms with E-state index >= 15 is 0 Å². The number of barbiturate groups is 1. The lowest BCUT2D eigenvalue weighted by Gasteiger charge is -2.20. The molecule has 0 spiro atoms. The number of hydrogen-bond acceptors (Lipinski definition) is 7. The van der Waals surface area contributed by atoms with E-state index in [1.54, 1.807) is 10.6 Å². The molecule has 2 N–H and O–H groups in total. The van der Waals surface area contributed by atoms with Crippen LogP contribution in [0.3, 0.4) is 0 Å². The first-order valence-electron chi connectivity index (χ1n) is 5.39. The fraction of sp³-hybridized carbons (Fsp3) is 0.100. The zero-order valence-electron chi connectivity index (χ0n) is 10.1. The van der Waals surface area contributed by atoms with Gasteiger partial charge in [-0.2, -0.15) is 0 Å². The van der Waals surface area contributed by atoms with E-state index in [2.05, 4.69) is 0 Å². The smallest absolute Gasteiger partial charge is 0.277 e. The van der Waals surface area contributed by atoms with Crippen molar-refractivity contribution < 1.29 is 24.2 Å². The van der Waals surface area contributed by atoms with Gasteiger partial charge in [-0.3, -0.25) is 40.5 Å². The van der Waals surface area contributed by atoms with Crippen LogP contribution in [0, 0.1) is 20.2 Å². The summed E-state index contributed by atoms with van der Waals surface area (Å²) in [6, 6.07) is 1.48. The maximum Gasteiger partial charge on any atom is 0.328 e. The largest absolute Gasteiger partial charge is 0.328 e. The van der Waals surface area contributed by atoms with Crippen LogP contribution < -0.4 is 10.6 Å². The Labute approximate surface area is 115 Å². The number of nitrogens with zero attached hydrogens (tertiary/aromatic N) is 2. The Morgan fingerprint density at radius 1 is 0.952 bits per heavy atom. The van der Waals surface area contributed by atoms with Crippen LogP contribution in [0.2, 0.25) is 0 Å². The van der Waals surface area contributed by atoms with Crippen molar-refractivity contribution in [2.24, 2.45) is 0 Å². The third-order valence-corrected chi connectivity index (χ3v) is 2.73. The minimum absolute atomic E-state index is 0.340. The quantitative estimate of drug-likeness (QED) is 0.448. The van der Waals surface area contributed by atoms with Crippen LogP contribution in [0.4, 0.5) is 16.2 Å². The van der Waals surface area contributed by atoms with Crippen molar-refractivity contribution in [3.63, 3.8) is 0 Å². The summed E-state index contributed by atoms with van der Waals surface area (Å²) in [5, 5.41) is 25.2. The molecular weight excluding hydrogens is 288 g/mol. The molecule has 4 amide bonds. The molecule has 2 rings (SSSR count). The summed E-state index contributed by atoms with van der Waals surface area (Å²) < 4.78 is 0. The van der Waals surface area contributed by atoms with E-state index in [0.717, 1.165) is 12.1 Å². The van der Waals surface area contributed by atoms with Crippen molar-refractivity contribution in [1.29, 1.82) is 0 Å². The van der Waals surface area contributed by atoms with E-state index < -0.39 is 45.0 Å². The number of imide groups is 2. The average Bonchev–Trinajstić information content (AvgIpc) is 2.37. The number of carbonyl (C=O) groups excluding carboxylic acids is 3. The molecular formula is C10H6N4O7. The second kappa shape index (κ2) is 4.96. The molecule has 1 saturated heterocycles. The highest BCUT2D eigenvalue weighted by Gasteiger charge is 2.39. The molecule has 1 aliphatic heterocycles. The second-order valence-corrected chi connectivity index (χ2v) is 4.00. The van der Waals surface area contributed by atoms with E-state index in [1.165, 1.54) is 0 Å². The first kappa shape index (κ1) is 14.0. The van der Waals surface area contributed by atoms with Gasteiger partial charge in [0.2, 0.25) is 11.8 Å². The van der Waals surface area contributed by atoms with Gasteiger partial charge in [0.1, 0.15) is 5.92 Å². The van der Waals surface area contributed by atoms with Gasteiger partial charge in [-0.25, -0.2) is 4.79 Å². The Balaban J connectivity index is 2.55. The van der Waals surface area contributed by atoms with Crippen molar-refractivity contribution in [2.45, 2.75) is 5.92 Å². The first-order valence-corrected chi connectivity index (χ1v) is 5.39. The Morgan fingerprint density at radius 3 is 2.00 bits per heavy atom. The number of benzene rings is 1. The van der Waals surface area contributed by atoms with Crippen LogP contribution in [0.25, 0.3) is 0 Å². The standard InChI is InChI=1S/C10H6N4O7/c15-8-7(9(16)12-10(17)11-8)5-2-1-4(13(18)19)3-6(5)14(20)21/h1-3,7H,(H2,11,12,15,16,17). The van der Waals surface area contributed by atoms with E-state index in [9.17, 15) is 34.6 Å². The molecule has 11 nitrogen and oxygen atoms in total. The highest BCUT2D eigenvalue weighted by Crippen LogP contribution is 2.31. The molecule has 1 aromatic rings. The van der Waals surface area contributed by atoms with Gasteiger partial charge >= 0.3 is 6.03 Å². The maximum absolute atomic E-state index is 11.7. The Bertz CT molecular complexity index is 679. The Hall–Kier alpha value is -3.37. The first-order chi connectivity index (χ1) is 9.81. The summed E-state index contributed by atoms with van der Waals surface area (Å²) in [5.41, 5.74) is -1.65. The number of carbonyl (C=O) groups is 3. The molecule has 108 valence electrons. The monoisotopic (exact) mass is 294 g/mol. The minimum Gasteiger partial charge on any atom is -0.277 e. The molecule has 0 bridgehead atoms. The number of nitro benzene ring substituents is 2. The Kier molecular flexibility index (Phi) is 3.32. The average molecular weight is 294 g/mol. The van der Waals surface area contributed by atoms with E-state index in [0.29, 0.717) is 6.07 Å². The molecule has 0 saturated carbocycles. The summed E-state index contributed by atoms with van der Waals surface area (Å²) >= 11 is 0. The molecule has 1 aliphatic rings. The molecule has 11 heteroatoms. The third-order valence-electron chi connectivity index (χ3n) is 2.73. The minimum atomic E-state index is -1.64. The fourth-order valence-electron chi connectivity index (χ4n) is 1.85. The zero-order valence-corrected chi connectivity index (χ0v) is 10.1. The predicted molar refractivity (Wildman–Crippen MR) is 64.2 cm³/mol. The highest BCUT2D eigenvalue weighted by molar-refractivity contribution is 6.19. The van der Waals surface area contributed by atoms with E-state index in [-0.39, 0.29) is 5.56 Å². The van der Waals surface area contributed by atoms with Gasteiger partial charge in [-0.05, 0) is 6.07 Å². The molecule has 0 atom stereocenters. The number of amides is 4. The van der Waals surface area contributed by atoms with Gasteiger partial charge in [-0.1, -0.05) is 0 Å². The van der Waals surface area contributed by atoms with Crippen molar-refractivity contribution in [3.05, 3.63) is 44.0 Å². The number of hydrogen-bond donors (Lipinski definition) is 2. The fourth-order valence-corrected chi connectivity index (χ4v) is 1.85. The highest BCUT2D eigenvalue weighted by atomic mass is 16.6. The number of rotatable bonds is 3. The normalized spacial score (nSPS) is 15.3. The van der Waals surface area contributed by atoms with Crippen LogP contribution in [0.5, 0.6) is 0 Å². The van der Waals surface area contributed by atoms with Gasteiger partial charge in [0.25, 0.3) is 11.4 Å². The van der Waals surface area contributed by atoms with Crippen LogP contribution in [-0.2, 0) is 9.59 Å². The number of nitro groups is 2. The lowest BCUT2D eigenvalue weighted by Crippen LogP contribution is -2.54. The summed E-state index contributed by atoms with van der Waals surface area (Å²) in [7, 11) is 0. The summed E-state index contributed by atoms with van der Waals surface area (Å²) in [6.45, 7) is 0. The zero-order chi connectivity index (χ0) is 15.7. The van der Waals surface area contributed by atoms with Gasteiger partial charge in [0, 0.05) is 6.07 Å². The van der Waals surface area contributed by atoms with Crippen molar-refractivity contribution >= 4 is 29.2 Å². The van der Waals surface area contributed by atoms with Crippen LogP contribution in [0.15, 0.2) is 18.2 Å². The van der Waals surface area contributed by atoms with Crippen molar-refractivity contribution in [2.75, 3.05) is 0 Å². The summed E-state index contributed by atoms with van der Waals surface area (Å²) in [5.74, 6) is -3.72. The number of urea groups is 1. The van der Waals surface area contributed by atoms with Gasteiger partial charge in [0.15, 0.2) is 0 Å². The van der Waals surface area contributed by atoms with Gasteiger partial charge in [-0.15, -0.1) is 0 Å². The predicted octanol–water partition coefficient (Wildman–Crippen LogP) is -0.0474. The van der Waals surface area contributed by atoms with E-state index in [4.69, 9.17) is 0 Å². The second-order valence-electron chi connectivity index (χ2n) is 4.00. The van der Waals surface area contributed by atoms with Crippen LogP contribution in [-0.4, -0.2) is 27.7 Å². The molecule has 1 aromatic carbocycles. The SMILES string of the molecule is O=C1NC(=O)C(c2ccc([N+](=O)[O-])cc2[N+](=O)[O-])C(=O)N1. The molecule has 1 fully saturated rings. The topological polar surface area (TPSA) is 162 Å². The number of nitrogens with one attached hydrogen (secondary N) is 2. The van der Waals surface area contributed by atoms with Gasteiger partial charge < -0.3 is 0 Å². The molecule has 0 aromatic heterocycles. The number of non-ortho nitro benzene ring substituents is 1. The third kappa shape index (κ3) is 2.51. The lowest BCUT2D eigenvalue weighted by atomic mass is 9.94. The summed E-state index contributed by atoms with van der Waals surface area (Å²) in [6.07, 6.45) is 0. The molecule has 0 radical (unpaired) electrons. The Morgan fingerprint density at radius 2 is 1.52 bits per heavy atom.